The zero-order valence-corrected chi connectivity index (χ0v) is 9.18. The molecule has 0 aromatic rings. The van der Waals surface area contributed by atoms with Gasteiger partial charge in [-0.2, -0.15) is 0 Å². The molecule has 12 heavy (non-hydrogen) atoms. The molecule has 2 rings (SSSR count). The van der Waals surface area contributed by atoms with E-state index in [1.165, 1.54) is 50.0 Å². The second-order valence-electron chi connectivity index (χ2n) is 3.65. The fourth-order valence-corrected chi connectivity index (χ4v) is 5.12. The Morgan fingerprint density at radius 1 is 0.833 bits per heavy atom. The van der Waals surface area contributed by atoms with Gasteiger partial charge in [0.15, 0.2) is 0 Å². The lowest BCUT2D eigenvalue weighted by Crippen LogP contribution is -2.07. The summed E-state index contributed by atoms with van der Waals surface area (Å²) in [7, 11) is 0. The molecule has 0 amide bonds. The molecule has 0 N–H and O–H groups in total. The maximum atomic E-state index is 2.18. The molecule has 2 aliphatic rings. The van der Waals surface area contributed by atoms with Crippen LogP contribution in [0.2, 0.25) is 0 Å². The Balaban J connectivity index is 1.83. The number of hydrogen-bond acceptors (Lipinski definition) is 2. The van der Waals surface area contributed by atoms with E-state index in [4.69, 9.17) is 0 Å². The molecule has 1 saturated heterocycles. The Morgan fingerprint density at radius 2 is 1.42 bits per heavy atom. The number of hydrogen-bond donors (Lipinski definition) is 0. The first-order valence-electron chi connectivity index (χ1n) is 5.04. The highest BCUT2D eigenvalue weighted by Crippen LogP contribution is 2.43. The molecule has 1 radical (unpaired) electrons. The lowest BCUT2D eigenvalue weighted by molar-refractivity contribution is 0.702. The first-order chi connectivity index (χ1) is 5.97. The Kier molecular flexibility index (Phi) is 3.71. The van der Waals surface area contributed by atoms with Gasteiger partial charge in [0.2, 0.25) is 0 Å². The van der Waals surface area contributed by atoms with Crippen LogP contribution in [-0.2, 0) is 0 Å². The van der Waals surface area contributed by atoms with Crippen LogP contribution in [0.15, 0.2) is 0 Å². The summed E-state index contributed by atoms with van der Waals surface area (Å²) in [5, 5.41) is 0. The normalized spacial score (nSPS) is 29.0. The van der Waals surface area contributed by atoms with Gasteiger partial charge in [-0.05, 0) is 18.8 Å². The van der Waals surface area contributed by atoms with Crippen molar-refractivity contribution in [1.29, 1.82) is 0 Å². The highest BCUT2D eigenvalue weighted by atomic mass is 32.2. The standard InChI is InChI=1S/C10H17S2/c1-2-4-6-9(5-3-1)10-11-7-8-12-10/h10H,1-8H2. The molecule has 0 spiro atoms. The molecule has 2 fully saturated rings. The fourth-order valence-electron chi connectivity index (χ4n) is 2.01. The summed E-state index contributed by atoms with van der Waals surface area (Å²) < 4.78 is 0.892. The number of rotatable bonds is 1. The first-order valence-corrected chi connectivity index (χ1v) is 7.14. The maximum Gasteiger partial charge on any atom is 0.0565 e. The summed E-state index contributed by atoms with van der Waals surface area (Å²) in [6.07, 6.45) is 8.76. The topological polar surface area (TPSA) is 0 Å². The monoisotopic (exact) mass is 201 g/mol. The van der Waals surface area contributed by atoms with E-state index in [-0.39, 0.29) is 0 Å². The van der Waals surface area contributed by atoms with Crippen LogP contribution in [0.4, 0.5) is 0 Å². The molecule has 1 heterocycles. The quantitative estimate of drug-likeness (QED) is 0.593. The van der Waals surface area contributed by atoms with Crippen molar-refractivity contribution in [1.82, 2.24) is 0 Å². The second kappa shape index (κ2) is 4.80. The van der Waals surface area contributed by atoms with Gasteiger partial charge in [-0.15, -0.1) is 23.5 Å². The molecule has 0 unspecified atom stereocenters. The van der Waals surface area contributed by atoms with Gasteiger partial charge in [-0.1, -0.05) is 25.7 Å². The van der Waals surface area contributed by atoms with Crippen LogP contribution in [0.1, 0.15) is 38.5 Å². The van der Waals surface area contributed by atoms with Gasteiger partial charge in [-0.25, -0.2) is 0 Å². The van der Waals surface area contributed by atoms with Gasteiger partial charge in [0, 0.05) is 11.5 Å². The predicted molar refractivity (Wildman–Crippen MR) is 59.6 cm³/mol. The van der Waals surface area contributed by atoms with Crippen LogP contribution < -0.4 is 0 Å². The minimum atomic E-state index is 0.892. The zero-order valence-electron chi connectivity index (χ0n) is 7.55. The first kappa shape index (κ1) is 9.26. The molecular formula is C10H17S2. The molecule has 1 aliphatic carbocycles. The molecule has 0 bridgehead atoms. The van der Waals surface area contributed by atoms with Crippen LogP contribution >= 0.6 is 23.5 Å². The molecule has 69 valence electrons. The third-order valence-electron chi connectivity index (χ3n) is 2.70. The minimum absolute atomic E-state index is 0.892. The fraction of sp³-hybridized carbons (Fsp3) is 0.900. The highest BCUT2D eigenvalue weighted by Gasteiger charge is 2.26. The van der Waals surface area contributed by atoms with Crippen molar-refractivity contribution >= 4 is 23.5 Å². The Labute approximate surface area is 84.3 Å². The molecule has 0 aromatic carbocycles. The molecule has 0 atom stereocenters. The summed E-state index contributed by atoms with van der Waals surface area (Å²) in [6, 6.07) is 0. The van der Waals surface area contributed by atoms with Crippen molar-refractivity contribution < 1.29 is 0 Å². The highest BCUT2D eigenvalue weighted by molar-refractivity contribution is 8.20. The van der Waals surface area contributed by atoms with E-state index in [9.17, 15) is 0 Å². The average molecular weight is 201 g/mol. The van der Waals surface area contributed by atoms with E-state index >= 15 is 0 Å². The van der Waals surface area contributed by atoms with Crippen molar-refractivity contribution in [2.75, 3.05) is 11.5 Å². The largest absolute Gasteiger partial charge is 0.146 e. The Bertz CT molecular complexity index is 122. The molecule has 0 aromatic heterocycles. The van der Waals surface area contributed by atoms with Crippen LogP contribution in [0.25, 0.3) is 0 Å². The van der Waals surface area contributed by atoms with E-state index in [2.05, 4.69) is 23.5 Å². The van der Waals surface area contributed by atoms with Crippen molar-refractivity contribution in [3.05, 3.63) is 5.92 Å². The summed E-state index contributed by atoms with van der Waals surface area (Å²) in [5.41, 5.74) is 0. The van der Waals surface area contributed by atoms with Gasteiger partial charge >= 0.3 is 0 Å². The summed E-state index contributed by atoms with van der Waals surface area (Å²) >= 11 is 4.37. The zero-order chi connectivity index (χ0) is 8.23. The Morgan fingerprint density at radius 3 is 2.00 bits per heavy atom. The average Bonchev–Trinajstić information content (AvgIpc) is 2.48. The minimum Gasteiger partial charge on any atom is -0.146 e. The van der Waals surface area contributed by atoms with E-state index in [0.717, 1.165) is 4.58 Å². The lowest BCUT2D eigenvalue weighted by Gasteiger charge is -2.18. The van der Waals surface area contributed by atoms with E-state index < -0.39 is 0 Å². The Hall–Kier alpha value is 0.700. The van der Waals surface area contributed by atoms with Gasteiger partial charge in [0.05, 0.1) is 4.58 Å². The molecule has 0 nitrogen and oxygen atoms in total. The molecular weight excluding hydrogens is 184 g/mol. The van der Waals surface area contributed by atoms with Gasteiger partial charge in [0.25, 0.3) is 0 Å². The van der Waals surface area contributed by atoms with Gasteiger partial charge < -0.3 is 0 Å². The van der Waals surface area contributed by atoms with E-state index in [1.807, 2.05) is 5.92 Å². The van der Waals surface area contributed by atoms with Crippen LogP contribution in [0, 0.1) is 5.92 Å². The third-order valence-corrected chi connectivity index (χ3v) is 5.93. The van der Waals surface area contributed by atoms with Crippen molar-refractivity contribution in [2.45, 2.75) is 43.1 Å². The van der Waals surface area contributed by atoms with Gasteiger partial charge in [0.1, 0.15) is 0 Å². The predicted octanol–water partition coefficient (Wildman–Crippen LogP) is 3.72. The lowest BCUT2D eigenvalue weighted by atomic mass is 10.0. The molecule has 1 saturated carbocycles. The second-order valence-corrected chi connectivity index (χ2v) is 6.37. The molecule has 1 aliphatic heterocycles. The van der Waals surface area contributed by atoms with E-state index in [1.54, 1.807) is 0 Å². The maximum absolute atomic E-state index is 2.18. The van der Waals surface area contributed by atoms with Crippen molar-refractivity contribution in [3.63, 3.8) is 0 Å². The smallest absolute Gasteiger partial charge is 0.0565 e. The summed E-state index contributed by atoms with van der Waals surface area (Å²) in [6.45, 7) is 0. The SMILES string of the molecule is C1CCC[C](C2SCCS2)CC1. The van der Waals surface area contributed by atoms with Crippen LogP contribution in [0.3, 0.4) is 0 Å². The summed E-state index contributed by atoms with van der Waals surface area (Å²) in [5.74, 6) is 4.65. The van der Waals surface area contributed by atoms with Crippen LogP contribution in [-0.4, -0.2) is 16.1 Å². The van der Waals surface area contributed by atoms with E-state index in [0.29, 0.717) is 0 Å². The van der Waals surface area contributed by atoms with Crippen LogP contribution in [0.5, 0.6) is 0 Å². The van der Waals surface area contributed by atoms with Crippen molar-refractivity contribution in [3.8, 4) is 0 Å². The van der Waals surface area contributed by atoms with Gasteiger partial charge in [-0.3, -0.25) is 0 Å². The van der Waals surface area contributed by atoms with Crippen molar-refractivity contribution in [2.24, 2.45) is 0 Å². The molecule has 2 heteroatoms. The number of thioether (sulfide) groups is 2. The summed E-state index contributed by atoms with van der Waals surface area (Å²) in [4.78, 5) is 0. The third kappa shape index (κ3) is 2.35.